The highest BCUT2D eigenvalue weighted by Crippen LogP contribution is 2.26. The number of hydrogen-bond donors (Lipinski definition) is 1. The van der Waals surface area contributed by atoms with Crippen LogP contribution in [0.2, 0.25) is 0 Å². The van der Waals surface area contributed by atoms with Crippen molar-refractivity contribution in [2.24, 2.45) is 0 Å². The van der Waals surface area contributed by atoms with Crippen LogP contribution in [0.25, 0.3) is 0 Å². The molecule has 2 amide bonds. The Hall–Kier alpha value is -3.17. The van der Waals surface area contributed by atoms with E-state index in [1.54, 1.807) is 43.3 Å². The molecular formula is C31H36BrN3O4S. The zero-order valence-corrected chi connectivity index (χ0v) is 25.3. The molecule has 0 spiro atoms. The first-order valence-corrected chi connectivity index (χ1v) is 15.9. The van der Waals surface area contributed by atoms with Gasteiger partial charge >= 0.3 is 0 Å². The van der Waals surface area contributed by atoms with Crippen molar-refractivity contribution in [3.63, 3.8) is 0 Å². The minimum absolute atomic E-state index is 0.0897. The van der Waals surface area contributed by atoms with Gasteiger partial charge in [-0.1, -0.05) is 77.7 Å². The Labute approximate surface area is 245 Å². The second-order valence-corrected chi connectivity index (χ2v) is 13.1. The maximum absolute atomic E-state index is 14.0. The van der Waals surface area contributed by atoms with Crippen molar-refractivity contribution in [3.05, 3.63) is 94.5 Å². The maximum Gasteiger partial charge on any atom is 0.264 e. The number of halogens is 1. The van der Waals surface area contributed by atoms with Crippen LogP contribution >= 0.6 is 15.9 Å². The highest BCUT2D eigenvalue weighted by Gasteiger charge is 2.33. The smallest absolute Gasteiger partial charge is 0.264 e. The lowest BCUT2D eigenvalue weighted by molar-refractivity contribution is -0.139. The van der Waals surface area contributed by atoms with Crippen LogP contribution in [0.5, 0.6) is 0 Å². The number of nitrogens with one attached hydrogen (secondary N) is 1. The topological polar surface area (TPSA) is 86.8 Å². The van der Waals surface area contributed by atoms with Gasteiger partial charge in [0.2, 0.25) is 11.8 Å². The van der Waals surface area contributed by atoms with Crippen LogP contribution in [0.15, 0.2) is 88.2 Å². The molecule has 4 rings (SSSR count). The highest BCUT2D eigenvalue weighted by molar-refractivity contribution is 9.10. The Morgan fingerprint density at radius 2 is 1.62 bits per heavy atom. The summed E-state index contributed by atoms with van der Waals surface area (Å²) in [6, 6.07) is 22.0. The first-order chi connectivity index (χ1) is 19.1. The second kappa shape index (κ2) is 13.5. The van der Waals surface area contributed by atoms with Crippen LogP contribution in [-0.4, -0.2) is 43.8 Å². The fourth-order valence-electron chi connectivity index (χ4n) is 4.97. The van der Waals surface area contributed by atoms with Gasteiger partial charge in [0.1, 0.15) is 12.6 Å². The second-order valence-electron chi connectivity index (χ2n) is 10.3. The van der Waals surface area contributed by atoms with Crippen molar-refractivity contribution in [1.82, 2.24) is 10.2 Å². The van der Waals surface area contributed by atoms with E-state index in [9.17, 15) is 18.0 Å². The van der Waals surface area contributed by atoms with E-state index < -0.39 is 28.5 Å². The number of benzene rings is 3. The first-order valence-electron chi connectivity index (χ1n) is 13.6. The molecule has 0 bridgehead atoms. The van der Waals surface area contributed by atoms with E-state index in [2.05, 4.69) is 21.2 Å². The van der Waals surface area contributed by atoms with E-state index in [1.165, 1.54) is 23.5 Å². The molecule has 7 nitrogen and oxygen atoms in total. The predicted octanol–water partition coefficient (Wildman–Crippen LogP) is 5.82. The lowest BCUT2D eigenvalue weighted by Gasteiger charge is -2.33. The molecule has 1 aliphatic carbocycles. The van der Waals surface area contributed by atoms with Crippen LogP contribution in [0.4, 0.5) is 5.69 Å². The van der Waals surface area contributed by atoms with Crippen LogP contribution in [0.1, 0.15) is 50.2 Å². The monoisotopic (exact) mass is 625 g/mol. The molecule has 1 aliphatic rings. The molecule has 1 fully saturated rings. The standard InChI is InChI=1S/C31H36BrN3O4S/c1-23-10-9-13-28(20-23)35(40(38,39)29-14-7-4-8-15-29)22-30(36)34(21-25-16-18-26(32)19-17-25)24(2)31(37)33-27-11-5-3-6-12-27/h4,7-10,13-20,24,27H,3,5-6,11-12,21-22H2,1-2H3,(H,33,37). The molecule has 0 radical (unpaired) electrons. The third-order valence-electron chi connectivity index (χ3n) is 7.28. The highest BCUT2D eigenvalue weighted by atomic mass is 79.9. The van der Waals surface area contributed by atoms with E-state index in [1.807, 2.05) is 37.3 Å². The molecular weight excluding hydrogens is 590 g/mol. The van der Waals surface area contributed by atoms with Gasteiger partial charge < -0.3 is 10.2 Å². The van der Waals surface area contributed by atoms with Crippen LogP contribution in [-0.2, 0) is 26.2 Å². The van der Waals surface area contributed by atoms with Crippen LogP contribution in [0.3, 0.4) is 0 Å². The SMILES string of the molecule is Cc1cccc(N(CC(=O)N(Cc2ccc(Br)cc2)C(C)C(=O)NC2CCCCC2)S(=O)(=O)c2ccccc2)c1. The van der Waals surface area contributed by atoms with Gasteiger partial charge in [0, 0.05) is 17.1 Å². The van der Waals surface area contributed by atoms with Crippen molar-refractivity contribution in [1.29, 1.82) is 0 Å². The number of amides is 2. The van der Waals surface area contributed by atoms with E-state index in [0.717, 1.165) is 45.6 Å². The Morgan fingerprint density at radius 1 is 0.950 bits per heavy atom. The third-order valence-corrected chi connectivity index (χ3v) is 9.60. The number of sulfonamides is 1. The molecule has 3 aromatic rings. The minimum Gasteiger partial charge on any atom is -0.352 e. The van der Waals surface area contributed by atoms with Crippen molar-refractivity contribution < 1.29 is 18.0 Å². The summed E-state index contributed by atoms with van der Waals surface area (Å²) in [4.78, 5) is 29.0. The van der Waals surface area contributed by atoms with Gasteiger partial charge in [0.15, 0.2) is 0 Å². The van der Waals surface area contributed by atoms with Gasteiger partial charge in [-0.2, -0.15) is 0 Å². The molecule has 0 aliphatic heterocycles. The molecule has 1 N–H and O–H groups in total. The van der Waals surface area contributed by atoms with Crippen molar-refractivity contribution in [2.75, 3.05) is 10.8 Å². The fraction of sp³-hybridized carbons (Fsp3) is 0.355. The number of anilines is 1. The van der Waals surface area contributed by atoms with Crippen molar-refractivity contribution >= 4 is 43.5 Å². The summed E-state index contributed by atoms with van der Waals surface area (Å²) in [6.45, 7) is 3.30. The quantitative estimate of drug-likeness (QED) is 0.308. The zero-order valence-electron chi connectivity index (χ0n) is 22.9. The number of aryl methyl sites for hydroxylation is 1. The van der Waals surface area contributed by atoms with Crippen LogP contribution in [0, 0.1) is 6.92 Å². The Kier molecular flexibility index (Phi) is 10.0. The summed E-state index contributed by atoms with van der Waals surface area (Å²) < 4.78 is 29.7. The van der Waals surface area contributed by atoms with Crippen LogP contribution < -0.4 is 9.62 Å². The number of carbonyl (C=O) groups excluding carboxylic acids is 2. The molecule has 3 aromatic carbocycles. The molecule has 1 atom stereocenters. The summed E-state index contributed by atoms with van der Waals surface area (Å²) in [5, 5.41) is 3.13. The Balaban J connectivity index is 1.66. The Morgan fingerprint density at radius 3 is 2.27 bits per heavy atom. The number of carbonyl (C=O) groups is 2. The van der Waals surface area contributed by atoms with Gasteiger partial charge in [-0.25, -0.2) is 8.42 Å². The minimum atomic E-state index is -4.07. The van der Waals surface area contributed by atoms with E-state index in [4.69, 9.17) is 0 Å². The lowest BCUT2D eigenvalue weighted by Crippen LogP contribution is -2.53. The number of hydrogen-bond acceptors (Lipinski definition) is 4. The van der Waals surface area contributed by atoms with Crippen molar-refractivity contribution in [3.8, 4) is 0 Å². The number of rotatable bonds is 10. The Bertz CT molecular complexity index is 1410. The molecule has 0 heterocycles. The maximum atomic E-state index is 14.0. The van der Waals surface area contributed by atoms with E-state index in [-0.39, 0.29) is 23.4 Å². The normalized spacial score (nSPS) is 14.8. The molecule has 1 unspecified atom stereocenters. The van der Waals surface area contributed by atoms with Gasteiger partial charge in [0.25, 0.3) is 10.0 Å². The summed E-state index contributed by atoms with van der Waals surface area (Å²) >= 11 is 3.44. The summed E-state index contributed by atoms with van der Waals surface area (Å²) in [6.07, 6.45) is 5.17. The van der Waals surface area contributed by atoms with E-state index in [0.29, 0.717) is 5.69 Å². The molecule has 40 heavy (non-hydrogen) atoms. The predicted molar refractivity (Wildman–Crippen MR) is 161 cm³/mol. The van der Waals surface area contributed by atoms with Crippen molar-refractivity contribution in [2.45, 2.75) is 69.5 Å². The molecule has 1 saturated carbocycles. The molecule has 9 heteroatoms. The van der Waals surface area contributed by atoms with Gasteiger partial charge in [-0.15, -0.1) is 0 Å². The third kappa shape index (κ3) is 7.52. The fourth-order valence-corrected chi connectivity index (χ4v) is 6.66. The molecule has 0 saturated heterocycles. The first kappa shape index (κ1) is 29.8. The zero-order chi connectivity index (χ0) is 28.7. The summed E-state index contributed by atoms with van der Waals surface area (Å²) in [7, 11) is -4.07. The number of nitrogens with zero attached hydrogens (tertiary/aromatic N) is 2. The largest absolute Gasteiger partial charge is 0.352 e. The lowest BCUT2D eigenvalue weighted by atomic mass is 9.95. The van der Waals surface area contributed by atoms with Gasteiger partial charge in [-0.3, -0.25) is 13.9 Å². The van der Waals surface area contributed by atoms with Gasteiger partial charge in [0.05, 0.1) is 10.6 Å². The summed E-state index contributed by atoms with van der Waals surface area (Å²) in [5.41, 5.74) is 2.09. The average Bonchev–Trinajstić information content (AvgIpc) is 2.96. The molecule has 0 aromatic heterocycles. The average molecular weight is 627 g/mol. The molecule has 212 valence electrons. The summed E-state index contributed by atoms with van der Waals surface area (Å²) in [5.74, 6) is -0.694. The van der Waals surface area contributed by atoms with Gasteiger partial charge in [-0.05, 0) is 74.2 Å². The van der Waals surface area contributed by atoms with E-state index >= 15 is 0 Å².